The first-order valence-corrected chi connectivity index (χ1v) is 11.2. The second kappa shape index (κ2) is 8.69. The van der Waals surface area contributed by atoms with Gasteiger partial charge in [0.2, 0.25) is 0 Å². The van der Waals surface area contributed by atoms with E-state index in [0.29, 0.717) is 6.42 Å². The Hall–Kier alpha value is -2.15. The molecule has 0 N–H and O–H groups in total. The molecule has 1 aliphatic heterocycles. The Bertz CT molecular complexity index is 797. The standard InChI is InChI=1S/C20H25NO5S/c22-19(14-26-20(23)11-10-16-6-2-1-3-7-16)21(17-8-4-5-9-17)18-12-13-27(24,25)15-18/h1-3,6-7,10-11,17-18H,4-5,8-9,12-15H2/b11-10+/t18-/m0/s1. The number of carbonyl (C=O) groups is 2. The summed E-state index contributed by atoms with van der Waals surface area (Å²) in [4.78, 5) is 26.3. The van der Waals surface area contributed by atoms with Gasteiger partial charge in [-0.05, 0) is 30.9 Å². The van der Waals surface area contributed by atoms with E-state index >= 15 is 0 Å². The van der Waals surface area contributed by atoms with Gasteiger partial charge in [-0.25, -0.2) is 13.2 Å². The van der Waals surface area contributed by atoms with Crippen LogP contribution < -0.4 is 0 Å². The SMILES string of the molecule is O=C(/C=C/c1ccccc1)OCC(=O)N(C1CCCC1)[C@H]1CCS(=O)(=O)C1. The summed E-state index contributed by atoms with van der Waals surface area (Å²) < 4.78 is 28.8. The molecule has 1 amide bonds. The molecule has 1 aromatic carbocycles. The molecule has 3 rings (SSSR count). The Morgan fingerprint density at radius 2 is 1.78 bits per heavy atom. The molecule has 1 heterocycles. The van der Waals surface area contributed by atoms with Gasteiger partial charge in [-0.1, -0.05) is 43.2 Å². The number of esters is 1. The van der Waals surface area contributed by atoms with Crippen molar-refractivity contribution in [2.75, 3.05) is 18.1 Å². The lowest BCUT2D eigenvalue weighted by Crippen LogP contribution is -2.48. The van der Waals surface area contributed by atoms with Crippen LogP contribution in [0.5, 0.6) is 0 Å². The molecule has 1 aliphatic carbocycles. The van der Waals surface area contributed by atoms with Gasteiger partial charge in [0.25, 0.3) is 5.91 Å². The van der Waals surface area contributed by atoms with Crippen molar-refractivity contribution in [3.05, 3.63) is 42.0 Å². The number of nitrogens with zero attached hydrogens (tertiary/aromatic N) is 1. The van der Waals surface area contributed by atoms with Crippen molar-refractivity contribution in [2.24, 2.45) is 0 Å². The largest absolute Gasteiger partial charge is 0.452 e. The van der Waals surface area contributed by atoms with Crippen LogP contribution in [0, 0.1) is 0 Å². The van der Waals surface area contributed by atoms with Crippen LogP contribution in [-0.4, -0.2) is 55.4 Å². The summed E-state index contributed by atoms with van der Waals surface area (Å²) in [5, 5.41) is 0. The molecule has 2 aliphatic rings. The maximum absolute atomic E-state index is 12.7. The summed E-state index contributed by atoms with van der Waals surface area (Å²) in [7, 11) is -3.09. The van der Waals surface area contributed by atoms with Crippen molar-refractivity contribution in [1.29, 1.82) is 0 Å². The highest BCUT2D eigenvalue weighted by Gasteiger charge is 2.39. The molecule has 0 radical (unpaired) electrons. The van der Waals surface area contributed by atoms with Gasteiger partial charge in [0.15, 0.2) is 16.4 Å². The Morgan fingerprint density at radius 1 is 1.07 bits per heavy atom. The fourth-order valence-electron chi connectivity index (χ4n) is 3.87. The molecule has 146 valence electrons. The average molecular weight is 391 g/mol. The quantitative estimate of drug-likeness (QED) is 0.549. The van der Waals surface area contributed by atoms with Crippen LogP contribution in [0.2, 0.25) is 0 Å². The molecular weight excluding hydrogens is 366 g/mol. The number of benzene rings is 1. The fourth-order valence-corrected chi connectivity index (χ4v) is 5.58. The number of rotatable bonds is 6. The molecule has 6 nitrogen and oxygen atoms in total. The van der Waals surface area contributed by atoms with E-state index in [2.05, 4.69) is 0 Å². The number of hydrogen-bond donors (Lipinski definition) is 0. The smallest absolute Gasteiger partial charge is 0.331 e. The zero-order valence-electron chi connectivity index (χ0n) is 15.2. The predicted octanol–water partition coefficient (Wildman–Crippen LogP) is 2.20. The van der Waals surface area contributed by atoms with Crippen LogP contribution in [0.3, 0.4) is 0 Å². The lowest BCUT2D eigenvalue weighted by atomic mass is 10.1. The van der Waals surface area contributed by atoms with Gasteiger partial charge < -0.3 is 9.64 Å². The van der Waals surface area contributed by atoms with Gasteiger partial charge in [-0.2, -0.15) is 0 Å². The summed E-state index contributed by atoms with van der Waals surface area (Å²) in [6.45, 7) is -0.356. The second-order valence-electron chi connectivity index (χ2n) is 7.15. The van der Waals surface area contributed by atoms with Crippen LogP contribution in [0.15, 0.2) is 36.4 Å². The lowest BCUT2D eigenvalue weighted by Gasteiger charge is -2.33. The second-order valence-corrected chi connectivity index (χ2v) is 9.38. The highest BCUT2D eigenvalue weighted by Crippen LogP contribution is 2.29. The minimum atomic E-state index is -3.09. The number of carbonyl (C=O) groups excluding carboxylic acids is 2. The molecule has 0 unspecified atom stereocenters. The number of amides is 1. The summed E-state index contributed by atoms with van der Waals surface area (Å²) in [5.41, 5.74) is 0.865. The summed E-state index contributed by atoms with van der Waals surface area (Å²) in [6, 6.07) is 9.08. The van der Waals surface area contributed by atoms with Crippen molar-refractivity contribution in [2.45, 2.75) is 44.2 Å². The van der Waals surface area contributed by atoms with E-state index in [4.69, 9.17) is 4.74 Å². The van der Waals surface area contributed by atoms with Gasteiger partial charge in [0.05, 0.1) is 11.5 Å². The van der Waals surface area contributed by atoms with E-state index in [1.54, 1.807) is 11.0 Å². The molecule has 0 bridgehead atoms. The monoisotopic (exact) mass is 391 g/mol. The molecular formula is C20H25NO5S. The molecule has 1 aromatic rings. The molecule has 1 atom stereocenters. The van der Waals surface area contributed by atoms with Crippen LogP contribution in [-0.2, 0) is 24.2 Å². The van der Waals surface area contributed by atoms with E-state index in [1.807, 2.05) is 30.3 Å². The van der Waals surface area contributed by atoms with E-state index in [-0.39, 0.29) is 36.1 Å². The van der Waals surface area contributed by atoms with Crippen LogP contribution in [0.25, 0.3) is 6.08 Å². The molecule has 2 fully saturated rings. The van der Waals surface area contributed by atoms with E-state index in [1.165, 1.54) is 6.08 Å². The fraction of sp³-hybridized carbons (Fsp3) is 0.500. The Balaban J connectivity index is 1.59. The molecule has 27 heavy (non-hydrogen) atoms. The first kappa shape index (κ1) is 19.6. The summed E-state index contributed by atoms with van der Waals surface area (Å²) in [6.07, 6.45) is 7.22. The van der Waals surface area contributed by atoms with Gasteiger partial charge in [-0.15, -0.1) is 0 Å². The van der Waals surface area contributed by atoms with Gasteiger partial charge in [0.1, 0.15) is 0 Å². The van der Waals surface area contributed by atoms with Gasteiger partial charge in [-0.3, -0.25) is 4.79 Å². The maximum Gasteiger partial charge on any atom is 0.331 e. The van der Waals surface area contributed by atoms with Crippen molar-refractivity contribution < 1.29 is 22.7 Å². The third-order valence-corrected chi connectivity index (χ3v) is 6.91. The first-order chi connectivity index (χ1) is 12.9. The van der Waals surface area contributed by atoms with Crippen molar-refractivity contribution in [3.63, 3.8) is 0 Å². The molecule has 0 aromatic heterocycles. The minimum absolute atomic E-state index is 0.0110. The van der Waals surface area contributed by atoms with Crippen LogP contribution in [0.1, 0.15) is 37.7 Å². The topological polar surface area (TPSA) is 80.8 Å². The summed E-state index contributed by atoms with van der Waals surface area (Å²) >= 11 is 0. The zero-order valence-corrected chi connectivity index (χ0v) is 16.1. The minimum Gasteiger partial charge on any atom is -0.452 e. The third-order valence-electron chi connectivity index (χ3n) is 5.16. The Labute approximate surface area is 160 Å². The molecule has 7 heteroatoms. The Kier molecular flexibility index (Phi) is 6.31. The number of sulfone groups is 1. The number of ether oxygens (including phenoxy) is 1. The van der Waals surface area contributed by atoms with Gasteiger partial charge in [0, 0.05) is 18.2 Å². The lowest BCUT2D eigenvalue weighted by molar-refractivity contribution is -0.150. The highest BCUT2D eigenvalue weighted by atomic mass is 32.2. The van der Waals surface area contributed by atoms with E-state index in [9.17, 15) is 18.0 Å². The van der Waals surface area contributed by atoms with Crippen LogP contribution >= 0.6 is 0 Å². The molecule has 1 saturated heterocycles. The van der Waals surface area contributed by atoms with Crippen molar-refractivity contribution in [1.82, 2.24) is 4.90 Å². The average Bonchev–Trinajstić information content (AvgIpc) is 3.29. The van der Waals surface area contributed by atoms with Crippen molar-refractivity contribution in [3.8, 4) is 0 Å². The molecule has 1 saturated carbocycles. The van der Waals surface area contributed by atoms with Crippen molar-refractivity contribution >= 4 is 27.8 Å². The highest BCUT2D eigenvalue weighted by molar-refractivity contribution is 7.91. The first-order valence-electron chi connectivity index (χ1n) is 9.36. The summed E-state index contributed by atoms with van der Waals surface area (Å²) in [5.74, 6) is -0.756. The normalized spacial score (nSPS) is 22.1. The van der Waals surface area contributed by atoms with Gasteiger partial charge >= 0.3 is 5.97 Å². The Morgan fingerprint density at radius 3 is 2.41 bits per heavy atom. The molecule has 0 spiro atoms. The van der Waals surface area contributed by atoms with E-state index < -0.39 is 15.8 Å². The zero-order chi connectivity index (χ0) is 19.3. The van der Waals surface area contributed by atoms with E-state index in [0.717, 1.165) is 31.2 Å². The van der Waals surface area contributed by atoms with Crippen LogP contribution in [0.4, 0.5) is 0 Å². The predicted molar refractivity (Wildman–Crippen MR) is 103 cm³/mol. The maximum atomic E-state index is 12.7. The third kappa shape index (κ3) is 5.42. The number of hydrogen-bond acceptors (Lipinski definition) is 5.